The third kappa shape index (κ3) is 3.82. The molecule has 0 amide bonds. The molecule has 0 aromatic heterocycles. The molecule has 0 radical (unpaired) electrons. The average molecular weight is 187 g/mol. The molecule has 0 spiro atoms. The Morgan fingerprint density at radius 2 is 2.36 bits per heavy atom. The number of rotatable bonds is 2. The Balaban J connectivity index is 0.000000791. The summed E-state index contributed by atoms with van der Waals surface area (Å²) < 4.78 is 0. The summed E-state index contributed by atoms with van der Waals surface area (Å²) in [7, 11) is 0. The molecular weight excluding hydrogens is 170 g/mol. The summed E-state index contributed by atoms with van der Waals surface area (Å²) in [6, 6.07) is 0. The van der Waals surface area contributed by atoms with Crippen LogP contribution in [0.5, 0.6) is 0 Å². The molecule has 1 heterocycles. The second-order valence-electron chi connectivity index (χ2n) is 2.37. The molecule has 1 aliphatic rings. The van der Waals surface area contributed by atoms with E-state index in [0.717, 1.165) is 17.7 Å². The van der Waals surface area contributed by atoms with Gasteiger partial charge in [-0.05, 0) is 29.5 Å². The highest BCUT2D eigenvalue weighted by atomic mass is 14.8. The van der Waals surface area contributed by atoms with Gasteiger partial charge in [0.15, 0.2) is 0 Å². The number of allylic oxidation sites excluding steroid dienone is 5. The van der Waals surface area contributed by atoms with Crippen LogP contribution >= 0.6 is 0 Å². The SMILES string of the molecule is C#C/C=C(\C=C)C1=CCNC=C1.CC. The van der Waals surface area contributed by atoms with E-state index in [1.165, 1.54) is 0 Å². The maximum atomic E-state index is 5.17. The van der Waals surface area contributed by atoms with Crippen molar-refractivity contribution in [1.82, 2.24) is 5.32 Å². The van der Waals surface area contributed by atoms with E-state index in [1.807, 2.05) is 26.1 Å². The Hall–Kier alpha value is -1.68. The predicted octanol–water partition coefficient (Wildman–Crippen LogP) is 2.80. The van der Waals surface area contributed by atoms with Gasteiger partial charge in [-0.2, -0.15) is 0 Å². The first-order valence-electron chi connectivity index (χ1n) is 4.77. The zero-order valence-corrected chi connectivity index (χ0v) is 8.88. The van der Waals surface area contributed by atoms with E-state index in [4.69, 9.17) is 6.42 Å². The monoisotopic (exact) mass is 187 g/mol. The molecule has 1 aliphatic heterocycles. The van der Waals surface area contributed by atoms with Gasteiger partial charge in [-0.25, -0.2) is 0 Å². The molecular formula is C13H17N. The van der Waals surface area contributed by atoms with Crippen molar-refractivity contribution in [3.05, 3.63) is 48.2 Å². The first kappa shape index (κ1) is 12.3. The number of hydrogen-bond donors (Lipinski definition) is 1. The molecule has 1 rings (SSSR count). The molecule has 74 valence electrons. The summed E-state index contributed by atoms with van der Waals surface area (Å²) in [5.41, 5.74) is 2.12. The average Bonchev–Trinajstić information content (AvgIpc) is 2.30. The minimum Gasteiger partial charge on any atom is -0.387 e. The second kappa shape index (κ2) is 7.94. The van der Waals surface area contributed by atoms with Crippen LogP contribution in [0.3, 0.4) is 0 Å². The predicted molar refractivity (Wildman–Crippen MR) is 63.7 cm³/mol. The van der Waals surface area contributed by atoms with Gasteiger partial charge < -0.3 is 5.32 Å². The number of hydrogen-bond acceptors (Lipinski definition) is 1. The molecule has 1 N–H and O–H groups in total. The Labute approximate surface area is 86.9 Å². The van der Waals surface area contributed by atoms with Crippen LogP contribution in [0.2, 0.25) is 0 Å². The van der Waals surface area contributed by atoms with Crippen molar-refractivity contribution in [3.8, 4) is 12.3 Å². The molecule has 0 atom stereocenters. The molecule has 14 heavy (non-hydrogen) atoms. The van der Waals surface area contributed by atoms with E-state index in [-0.39, 0.29) is 0 Å². The largest absolute Gasteiger partial charge is 0.387 e. The van der Waals surface area contributed by atoms with Crippen LogP contribution in [-0.2, 0) is 0 Å². The minimum atomic E-state index is 0.849. The van der Waals surface area contributed by atoms with Crippen LogP contribution in [0, 0.1) is 12.3 Å². The summed E-state index contributed by atoms with van der Waals surface area (Å²) in [4.78, 5) is 0. The van der Waals surface area contributed by atoms with Gasteiger partial charge in [0.25, 0.3) is 0 Å². The lowest BCUT2D eigenvalue weighted by Crippen LogP contribution is -2.09. The minimum absolute atomic E-state index is 0.849. The zero-order chi connectivity index (χ0) is 10.8. The summed E-state index contributed by atoms with van der Waals surface area (Å²) in [5, 5.41) is 3.07. The Kier molecular flexibility index (Phi) is 6.99. The van der Waals surface area contributed by atoms with E-state index in [1.54, 1.807) is 12.2 Å². The molecule has 1 heteroatoms. The van der Waals surface area contributed by atoms with Crippen molar-refractivity contribution in [3.63, 3.8) is 0 Å². The highest BCUT2D eigenvalue weighted by molar-refractivity contribution is 5.49. The molecule has 0 unspecified atom stereocenters. The lowest BCUT2D eigenvalue weighted by molar-refractivity contribution is 0.962. The second-order valence-corrected chi connectivity index (χ2v) is 2.37. The van der Waals surface area contributed by atoms with E-state index in [2.05, 4.69) is 23.9 Å². The standard InChI is InChI=1S/C11H11N.C2H6/c1-3-5-10(4-2)11-6-8-12-9-7-11;1-2/h1,4-8,12H,2,9H2;1-2H3/b10-5+;. The maximum absolute atomic E-state index is 5.17. The molecule has 0 aliphatic carbocycles. The third-order valence-corrected chi connectivity index (χ3v) is 1.61. The highest BCUT2D eigenvalue weighted by Gasteiger charge is 1.98. The van der Waals surface area contributed by atoms with Crippen LogP contribution in [-0.4, -0.2) is 6.54 Å². The molecule has 0 saturated carbocycles. The maximum Gasteiger partial charge on any atom is 0.0334 e. The van der Waals surface area contributed by atoms with Crippen molar-refractivity contribution in [2.24, 2.45) is 0 Å². The van der Waals surface area contributed by atoms with Gasteiger partial charge in [0, 0.05) is 6.54 Å². The van der Waals surface area contributed by atoms with Crippen LogP contribution < -0.4 is 5.32 Å². The van der Waals surface area contributed by atoms with Crippen LogP contribution in [0.4, 0.5) is 0 Å². The molecule has 0 bridgehead atoms. The smallest absolute Gasteiger partial charge is 0.0334 e. The van der Waals surface area contributed by atoms with Gasteiger partial charge in [0.2, 0.25) is 0 Å². The Bertz CT molecular complexity index is 298. The zero-order valence-electron chi connectivity index (χ0n) is 8.88. The first-order chi connectivity index (χ1) is 6.88. The summed E-state index contributed by atoms with van der Waals surface area (Å²) in [6.45, 7) is 8.54. The van der Waals surface area contributed by atoms with Crippen LogP contribution in [0.25, 0.3) is 0 Å². The first-order valence-corrected chi connectivity index (χ1v) is 4.77. The summed E-state index contributed by atoms with van der Waals surface area (Å²) >= 11 is 0. The number of nitrogens with one attached hydrogen (secondary N) is 1. The molecule has 0 saturated heterocycles. The van der Waals surface area contributed by atoms with Crippen molar-refractivity contribution >= 4 is 0 Å². The van der Waals surface area contributed by atoms with E-state index < -0.39 is 0 Å². The molecule has 0 aromatic carbocycles. The summed E-state index contributed by atoms with van der Waals surface area (Å²) in [5.74, 6) is 2.49. The van der Waals surface area contributed by atoms with E-state index in [0.29, 0.717) is 0 Å². The summed E-state index contributed by atoms with van der Waals surface area (Å²) in [6.07, 6.45) is 14.6. The van der Waals surface area contributed by atoms with E-state index in [9.17, 15) is 0 Å². The fourth-order valence-electron chi connectivity index (χ4n) is 1.02. The molecule has 0 aromatic rings. The van der Waals surface area contributed by atoms with Gasteiger partial charge in [-0.1, -0.05) is 38.5 Å². The van der Waals surface area contributed by atoms with Crippen molar-refractivity contribution in [2.45, 2.75) is 13.8 Å². The van der Waals surface area contributed by atoms with Gasteiger partial charge >= 0.3 is 0 Å². The van der Waals surface area contributed by atoms with Gasteiger partial charge in [-0.15, -0.1) is 6.42 Å². The van der Waals surface area contributed by atoms with Gasteiger partial charge in [0.05, 0.1) is 0 Å². The highest BCUT2D eigenvalue weighted by Crippen LogP contribution is 2.13. The number of dihydropyridines is 1. The number of terminal acetylenes is 1. The lowest BCUT2D eigenvalue weighted by atomic mass is 10.0. The molecule has 0 fully saturated rings. The Morgan fingerprint density at radius 1 is 1.64 bits per heavy atom. The van der Waals surface area contributed by atoms with E-state index >= 15 is 0 Å². The van der Waals surface area contributed by atoms with Crippen molar-refractivity contribution < 1.29 is 0 Å². The van der Waals surface area contributed by atoms with Crippen LogP contribution in [0.15, 0.2) is 48.2 Å². The third-order valence-electron chi connectivity index (χ3n) is 1.61. The van der Waals surface area contributed by atoms with Gasteiger partial charge in [-0.3, -0.25) is 0 Å². The Morgan fingerprint density at radius 3 is 2.79 bits per heavy atom. The molecule has 1 nitrogen and oxygen atoms in total. The van der Waals surface area contributed by atoms with Crippen LogP contribution in [0.1, 0.15) is 13.8 Å². The van der Waals surface area contributed by atoms with Gasteiger partial charge in [0.1, 0.15) is 0 Å². The fraction of sp³-hybridized carbons (Fsp3) is 0.231. The quantitative estimate of drug-likeness (QED) is 0.518. The van der Waals surface area contributed by atoms with Crippen molar-refractivity contribution in [2.75, 3.05) is 6.54 Å². The lowest BCUT2D eigenvalue weighted by Gasteiger charge is -2.07. The van der Waals surface area contributed by atoms with Crippen molar-refractivity contribution in [1.29, 1.82) is 0 Å². The fourth-order valence-corrected chi connectivity index (χ4v) is 1.02. The topological polar surface area (TPSA) is 12.0 Å². The normalized spacial score (nSPS) is 14.1.